The van der Waals surface area contributed by atoms with E-state index in [9.17, 15) is 0 Å². The fraction of sp³-hybridized carbons (Fsp3) is 0.150. The van der Waals surface area contributed by atoms with Crippen LogP contribution in [0.15, 0.2) is 59.7 Å². The molecule has 7 heteroatoms. The van der Waals surface area contributed by atoms with Gasteiger partial charge >= 0.3 is 0 Å². The summed E-state index contributed by atoms with van der Waals surface area (Å²) in [6.45, 7) is 2.58. The van der Waals surface area contributed by atoms with Gasteiger partial charge < -0.3 is 9.47 Å². The second-order valence-corrected chi connectivity index (χ2v) is 5.87. The quantitative estimate of drug-likeness (QED) is 0.482. The number of hydrogen-bond donors (Lipinski definition) is 1. The Morgan fingerprint density at radius 1 is 1.19 bits per heavy atom. The Bertz CT molecular complexity index is 1000. The summed E-state index contributed by atoms with van der Waals surface area (Å²) in [5, 5.41) is 11.5. The summed E-state index contributed by atoms with van der Waals surface area (Å²) < 4.78 is 12.8. The lowest BCUT2D eigenvalue weighted by molar-refractivity contribution is 0.340. The second-order valence-electron chi connectivity index (χ2n) is 5.49. The number of ether oxygens (including phenoxy) is 2. The van der Waals surface area contributed by atoms with E-state index in [2.05, 4.69) is 15.3 Å². The molecule has 1 N–H and O–H groups in total. The molecule has 3 aromatic rings. The molecule has 0 aliphatic rings. The fourth-order valence-electron chi connectivity index (χ4n) is 2.51. The van der Waals surface area contributed by atoms with Gasteiger partial charge in [-0.05, 0) is 61.6 Å². The average molecular weight is 380 g/mol. The van der Waals surface area contributed by atoms with E-state index in [1.54, 1.807) is 18.0 Å². The van der Waals surface area contributed by atoms with E-state index in [0.29, 0.717) is 17.2 Å². The molecule has 2 aromatic carbocycles. The van der Waals surface area contributed by atoms with Crippen molar-refractivity contribution < 1.29 is 9.47 Å². The van der Waals surface area contributed by atoms with Crippen LogP contribution < -0.4 is 9.47 Å². The predicted octanol–water partition coefficient (Wildman–Crippen LogP) is 4.56. The van der Waals surface area contributed by atoms with Gasteiger partial charge in [0, 0.05) is 17.3 Å². The van der Waals surface area contributed by atoms with Crippen LogP contribution in [-0.4, -0.2) is 34.8 Å². The number of H-pyrrole nitrogens is 1. The van der Waals surface area contributed by atoms with Crippen molar-refractivity contribution in [3.05, 3.63) is 64.9 Å². The van der Waals surface area contributed by atoms with E-state index in [1.807, 2.05) is 67.6 Å². The Labute approximate surface area is 162 Å². The Balaban J connectivity index is 1.81. The highest BCUT2D eigenvalue weighted by atomic mass is 32.1. The van der Waals surface area contributed by atoms with Crippen molar-refractivity contribution in [2.45, 2.75) is 6.92 Å². The first kappa shape index (κ1) is 18.6. The zero-order valence-corrected chi connectivity index (χ0v) is 15.9. The molecule has 0 aliphatic carbocycles. The molecule has 0 amide bonds. The van der Waals surface area contributed by atoms with Crippen LogP contribution in [0.4, 0.5) is 0 Å². The van der Waals surface area contributed by atoms with Gasteiger partial charge in [-0.1, -0.05) is 18.2 Å². The fourth-order valence-corrected chi connectivity index (χ4v) is 2.69. The molecule has 0 spiro atoms. The highest BCUT2D eigenvalue weighted by molar-refractivity contribution is 7.71. The molecule has 0 unspecified atom stereocenters. The lowest BCUT2D eigenvalue weighted by Crippen LogP contribution is -1.95. The van der Waals surface area contributed by atoms with Crippen molar-refractivity contribution in [1.82, 2.24) is 14.9 Å². The molecule has 0 fully saturated rings. The number of para-hydroxylation sites is 1. The number of methoxy groups -OCH3 is 1. The molecule has 3 rings (SSSR count). The maximum Gasteiger partial charge on any atom is 0.216 e. The summed E-state index contributed by atoms with van der Waals surface area (Å²) in [6, 6.07) is 15.4. The summed E-state index contributed by atoms with van der Waals surface area (Å²) in [6.07, 6.45) is 5.41. The van der Waals surface area contributed by atoms with Gasteiger partial charge in [0.25, 0.3) is 0 Å². The van der Waals surface area contributed by atoms with Gasteiger partial charge in [-0.2, -0.15) is 14.9 Å². The predicted molar refractivity (Wildman–Crippen MR) is 110 cm³/mol. The summed E-state index contributed by atoms with van der Waals surface area (Å²) in [7, 11) is 1.65. The molecule has 138 valence electrons. The molecule has 1 aromatic heterocycles. The van der Waals surface area contributed by atoms with Gasteiger partial charge in [-0.3, -0.25) is 0 Å². The third-order valence-corrected chi connectivity index (χ3v) is 4.02. The van der Waals surface area contributed by atoms with Gasteiger partial charge in [0.05, 0.1) is 13.7 Å². The van der Waals surface area contributed by atoms with Gasteiger partial charge in [-0.25, -0.2) is 5.10 Å². The minimum Gasteiger partial charge on any atom is -0.496 e. The van der Waals surface area contributed by atoms with Crippen LogP contribution in [0.5, 0.6) is 11.5 Å². The highest BCUT2D eigenvalue weighted by Crippen LogP contribution is 2.21. The molecule has 6 nitrogen and oxygen atoms in total. The minimum atomic E-state index is 0.417. The van der Waals surface area contributed by atoms with E-state index in [4.69, 9.17) is 21.7 Å². The van der Waals surface area contributed by atoms with Crippen LogP contribution in [0.2, 0.25) is 0 Å². The van der Waals surface area contributed by atoms with E-state index in [1.165, 1.54) is 0 Å². The van der Waals surface area contributed by atoms with Gasteiger partial charge in [0.15, 0.2) is 5.82 Å². The number of allylic oxidation sites excluding steroid dienone is 1. The lowest BCUT2D eigenvalue weighted by atomic mass is 10.2. The van der Waals surface area contributed by atoms with Gasteiger partial charge in [0.1, 0.15) is 11.5 Å². The van der Waals surface area contributed by atoms with E-state index >= 15 is 0 Å². The first-order valence-electron chi connectivity index (χ1n) is 8.47. The molecule has 0 radical (unpaired) electrons. The standard InChI is InChI=1S/C20H20N4O2S/c1-3-26-17-12-10-16(11-13-17)19-22-23-20(27)24(19)21-14-6-8-15-7-4-5-9-18(15)25-2/h4-14H,3H2,1-2H3,(H,23,27)/b8-6+,21-14-. The molecule has 0 atom stereocenters. The first-order chi connectivity index (χ1) is 13.2. The van der Waals surface area contributed by atoms with Gasteiger partial charge in [-0.15, -0.1) is 0 Å². The number of nitrogens with zero attached hydrogens (tertiary/aromatic N) is 3. The first-order valence-corrected chi connectivity index (χ1v) is 8.88. The van der Waals surface area contributed by atoms with Crippen molar-refractivity contribution in [1.29, 1.82) is 0 Å². The highest BCUT2D eigenvalue weighted by Gasteiger charge is 2.08. The van der Waals surface area contributed by atoms with Crippen LogP contribution in [0.1, 0.15) is 12.5 Å². The van der Waals surface area contributed by atoms with E-state index < -0.39 is 0 Å². The zero-order valence-electron chi connectivity index (χ0n) is 15.1. The third-order valence-electron chi connectivity index (χ3n) is 3.76. The van der Waals surface area contributed by atoms with Crippen molar-refractivity contribution in [3.63, 3.8) is 0 Å². The van der Waals surface area contributed by atoms with Crippen LogP contribution >= 0.6 is 12.2 Å². The van der Waals surface area contributed by atoms with Crippen LogP contribution in [-0.2, 0) is 0 Å². The Kier molecular flexibility index (Phi) is 6.17. The lowest BCUT2D eigenvalue weighted by Gasteiger charge is -2.04. The SMILES string of the molecule is CCOc1ccc(-c2n[nH]c(=S)n2/N=C\C=C\c2ccccc2OC)cc1. The number of aromatic nitrogens is 3. The Hall–Kier alpha value is -3.19. The summed E-state index contributed by atoms with van der Waals surface area (Å²) in [5.41, 5.74) is 1.85. The Morgan fingerprint density at radius 2 is 1.96 bits per heavy atom. The Morgan fingerprint density at radius 3 is 2.70 bits per heavy atom. The van der Waals surface area contributed by atoms with E-state index in [-0.39, 0.29) is 0 Å². The summed E-state index contributed by atoms with van der Waals surface area (Å²) >= 11 is 5.29. The molecule has 0 saturated heterocycles. The maximum absolute atomic E-state index is 5.47. The second kappa shape index (κ2) is 8.95. The number of hydrogen-bond acceptors (Lipinski definition) is 5. The van der Waals surface area contributed by atoms with Crippen LogP contribution in [0, 0.1) is 4.77 Å². The summed E-state index contributed by atoms with van der Waals surface area (Å²) in [4.78, 5) is 0. The largest absolute Gasteiger partial charge is 0.496 e. The smallest absolute Gasteiger partial charge is 0.216 e. The molecular formula is C20H20N4O2S. The molecule has 0 saturated carbocycles. The third kappa shape index (κ3) is 4.51. The minimum absolute atomic E-state index is 0.417. The molecule has 1 heterocycles. The van der Waals surface area contributed by atoms with Crippen molar-refractivity contribution >= 4 is 24.5 Å². The topological polar surface area (TPSA) is 64.4 Å². The number of nitrogens with one attached hydrogen (secondary N) is 1. The van der Waals surface area contributed by atoms with Crippen molar-refractivity contribution in [3.8, 4) is 22.9 Å². The van der Waals surface area contributed by atoms with E-state index in [0.717, 1.165) is 22.6 Å². The monoisotopic (exact) mass is 380 g/mol. The van der Waals surface area contributed by atoms with Crippen LogP contribution in [0.25, 0.3) is 17.5 Å². The average Bonchev–Trinajstić information content (AvgIpc) is 3.07. The van der Waals surface area contributed by atoms with Crippen molar-refractivity contribution in [2.24, 2.45) is 5.10 Å². The molecule has 0 aliphatic heterocycles. The van der Waals surface area contributed by atoms with Gasteiger partial charge in [0.2, 0.25) is 4.77 Å². The zero-order chi connectivity index (χ0) is 19.1. The van der Waals surface area contributed by atoms with Crippen molar-refractivity contribution in [2.75, 3.05) is 13.7 Å². The molecule has 27 heavy (non-hydrogen) atoms. The van der Waals surface area contributed by atoms with Crippen LogP contribution in [0.3, 0.4) is 0 Å². The summed E-state index contributed by atoms with van der Waals surface area (Å²) in [5.74, 6) is 2.24. The molecular weight excluding hydrogens is 360 g/mol. The molecule has 0 bridgehead atoms. The normalized spacial score (nSPS) is 11.3. The number of rotatable bonds is 7. The number of aromatic amines is 1. The maximum atomic E-state index is 5.47. The number of benzene rings is 2.